The SMILES string of the molecule is Cc1cc(N2CCCC2c2ccccc2)nn2cnnc12. The third-order valence-electron chi connectivity index (χ3n) is 4.17. The first-order valence-electron chi connectivity index (χ1n) is 7.32. The number of benzene rings is 1. The molecule has 1 aliphatic heterocycles. The summed E-state index contributed by atoms with van der Waals surface area (Å²) in [5.74, 6) is 1.01. The summed E-state index contributed by atoms with van der Waals surface area (Å²) in [6, 6.07) is 13.2. The Morgan fingerprint density at radius 1 is 1.19 bits per heavy atom. The largest absolute Gasteiger partial charge is 0.348 e. The Morgan fingerprint density at radius 2 is 2.05 bits per heavy atom. The molecule has 1 saturated heterocycles. The van der Waals surface area contributed by atoms with Gasteiger partial charge in [-0.1, -0.05) is 30.3 Å². The molecule has 3 heterocycles. The molecule has 0 bridgehead atoms. The second-order valence-electron chi connectivity index (χ2n) is 5.55. The Morgan fingerprint density at radius 3 is 2.90 bits per heavy atom. The van der Waals surface area contributed by atoms with Gasteiger partial charge >= 0.3 is 0 Å². The van der Waals surface area contributed by atoms with Gasteiger partial charge in [0, 0.05) is 6.54 Å². The lowest BCUT2D eigenvalue weighted by molar-refractivity contribution is 0.701. The highest BCUT2D eigenvalue weighted by Gasteiger charge is 2.27. The van der Waals surface area contributed by atoms with E-state index in [0.717, 1.165) is 23.6 Å². The van der Waals surface area contributed by atoms with Crippen LogP contribution in [0.5, 0.6) is 0 Å². The molecular formula is C16H17N5. The lowest BCUT2D eigenvalue weighted by atomic mass is 10.0. The second kappa shape index (κ2) is 4.84. The Kier molecular flexibility index (Phi) is 2.84. The fraction of sp³-hybridized carbons (Fsp3) is 0.312. The number of anilines is 1. The number of aryl methyl sites for hydroxylation is 1. The van der Waals surface area contributed by atoms with Crippen LogP contribution in [0.2, 0.25) is 0 Å². The molecule has 0 spiro atoms. The molecule has 1 aromatic carbocycles. The van der Waals surface area contributed by atoms with Crippen LogP contribution in [-0.4, -0.2) is 26.4 Å². The van der Waals surface area contributed by atoms with Gasteiger partial charge in [-0.25, -0.2) is 0 Å². The standard InChI is InChI=1S/C16H17N5/c1-12-10-15(19-21-11-17-18-16(12)21)20-9-5-8-14(20)13-6-3-2-4-7-13/h2-4,6-7,10-11,14H,5,8-9H2,1H3. The minimum atomic E-state index is 0.409. The van der Waals surface area contributed by atoms with Gasteiger partial charge < -0.3 is 4.90 Å². The maximum Gasteiger partial charge on any atom is 0.180 e. The third kappa shape index (κ3) is 2.05. The van der Waals surface area contributed by atoms with Crippen molar-refractivity contribution in [1.29, 1.82) is 0 Å². The lowest BCUT2D eigenvalue weighted by Crippen LogP contribution is -2.24. The first-order chi connectivity index (χ1) is 10.3. The summed E-state index contributed by atoms with van der Waals surface area (Å²) in [6.45, 7) is 3.10. The van der Waals surface area contributed by atoms with Crippen molar-refractivity contribution in [3.63, 3.8) is 0 Å². The van der Waals surface area contributed by atoms with E-state index in [2.05, 4.69) is 63.5 Å². The molecular weight excluding hydrogens is 262 g/mol. The second-order valence-corrected chi connectivity index (χ2v) is 5.55. The molecule has 0 aliphatic carbocycles. The number of rotatable bonds is 2. The molecule has 1 fully saturated rings. The molecule has 0 saturated carbocycles. The summed E-state index contributed by atoms with van der Waals surface area (Å²) in [4.78, 5) is 2.39. The van der Waals surface area contributed by atoms with Crippen LogP contribution in [0.3, 0.4) is 0 Å². The Balaban J connectivity index is 1.76. The summed E-state index contributed by atoms with van der Waals surface area (Å²) in [5.41, 5.74) is 3.30. The number of nitrogens with zero attached hydrogens (tertiary/aromatic N) is 5. The van der Waals surface area contributed by atoms with Crippen LogP contribution in [0.1, 0.15) is 30.0 Å². The van der Waals surface area contributed by atoms with E-state index in [0.29, 0.717) is 6.04 Å². The number of hydrogen-bond donors (Lipinski definition) is 0. The summed E-state index contributed by atoms with van der Waals surface area (Å²) in [5, 5.41) is 12.7. The van der Waals surface area contributed by atoms with E-state index < -0.39 is 0 Å². The van der Waals surface area contributed by atoms with Crippen molar-refractivity contribution in [2.24, 2.45) is 0 Å². The molecule has 0 amide bonds. The van der Waals surface area contributed by atoms with Gasteiger partial charge in [-0.15, -0.1) is 15.3 Å². The Labute approximate surface area is 123 Å². The maximum atomic E-state index is 4.67. The molecule has 4 rings (SSSR count). The van der Waals surface area contributed by atoms with Crippen molar-refractivity contribution in [3.05, 3.63) is 53.9 Å². The normalized spacial score (nSPS) is 18.5. The topological polar surface area (TPSA) is 46.3 Å². The Hall–Kier alpha value is -2.43. The Bertz CT molecular complexity index is 765. The van der Waals surface area contributed by atoms with Crippen LogP contribution in [0.15, 0.2) is 42.7 Å². The molecule has 1 atom stereocenters. The third-order valence-corrected chi connectivity index (χ3v) is 4.17. The molecule has 5 nitrogen and oxygen atoms in total. The predicted octanol–water partition coefficient (Wildman–Crippen LogP) is 2.77. The summed E-state index contributed by atoms with van der Waals surface area (Å²) >= 11 is 0. The monoisotopic (exact) mass is 279 g/mol. The molecule has 5 heteroatoms. The van der Waals surface area contributed by atoms with Crippen LogP contribution in [0.25, 0.3) is 5.65 Å². The summed E-state index contributed by atoms with van der Waals surface area (Å²) in [7, 11) is 0. The molecule has 3 aromatic rings. The molecule has 21 heavy (non-hydrogen) atoms. The summed E-state index contributed by atoms with van der Waals surface area (Å²) < 4.78 is 1.77. The van der Waals surface area contributed by atoms with E-state index in [4.69, 9.17) is 0 Å². The van der Waals surface area contributed by atoms with E-state index in [1.54, 1.807) is 10.8 Å². The fourth-order valence-corrected chi connectivity index (χ4v) is 3.16. The first-order valence-corrected chi connectivity index (χ1v) is 7.32. The smallest absolute Gasteiger partial charge is 0.180 e. The molecule has 106 valence electrons. The lowest BCUT2D eigenvalue weighted by Gasteiger charge is -2.26. The van der Waals surface area contributed by atoms with E-state index in [1.807, 2.05) is 0 Å². The van der Waals surface area contributed by atoms with Crippen LogP contribution in [-0.2, 0) is 0 Å². The minimum Gasteiger partial charge on any atom is -0.348 e. The first kappa shape index (κ1) is 12.3. The van der Waals surface area contributed by atoms with E-state index in [9.17, 15) is 0 Å². The van der Waals surface area contributed by atoms with Gasteiger partial charge in [-0.3, -0.25) is 0 Å². The van der Waals surface area contributed by atoms with Gasteiger partial charge in [0.1, 0.15) is 6.33 Å². The molecule has 1 unspecified atom stereocenters. The quantitative estimate of drug-likeness (QED) is 0.723. The van der Waals surface area contributed by atoms with Gasteiger partial charge in [0.2, 0.25) is 0 Å². The van der Waals surface area contributed by atoms with Crippen molar-refractivity contribution in [1.82, 2.24) is 19.8 Å². The number of hydrogen-bond acceptors (Lipinski definition) is 4. The van der Waals surface area contributed by atoms with Gasteiger partial charge in [0.15, 0.2) is 11.5 Å². The van der Waals surface area contributed by atoms with Crippen molar-refractivity contribution in [2.45, 2.75) is 25.8 Å². The van der Waals surface area contributed by atoms with Gasteiger partial charge in [-0.2, -0.15) is 4.52 Å². The van der Waals surface area contributed by atoms with Gasteiger partial charge in [0.05, 0.1) is 6.04 Å². The fourth-order valence-electron chi connectivity index (χ4n) is 3.16. The van der Waals surface area contributed by atoms with Crippen LogP contribution < -0.4 is 4.90 Å². The predicted molar refractivity (Wildman–Crippen MR) is 81.3 cm³/mol. The van der Waals surface area contributed by atoms with Crippen molar-refractivity contribution in [2.75, 3.05) is 11.4 Å². The van der Waals surface area contributed by atoms with Gasteiger partial charge in [0.25, 0.3) is 0 Å². The van der Waals surface area contributed by atoms with Crippen LogP contribution in [0, 0.1) is 6.92 Å². The molecule has 0 N–H and O–H groups in total. The van der Waals surface area contributed by atoms with Crippen LogP contribution >= 0.6 is 0 Å². The molecule has 2 aromatic heterocycles. The van der Waals surface area contributed by atoms with E-state index >= 15 is 0 Å². The average molecular weight is 279 g/mol. The zero-order chi connectivity index (χ0) is 14.2. The average Bonchev–Trinajstić information content (AvgIpc) is 3.17. The van der Waals surface area contributed by atoms with Crippen molar-refractivity contribution in [3.8, 4) is 0 Å². The number of fused-ring (bicyclic) bond motifs is 1. The van der Waals surface area contributed by atoms with Crippen LogP contribution in [0.4, 0.5) is 5.82 Å². The van der Waals surface area contributed by atoms with Crippen molar-refractivity contribution >= 4 is 11.5 Å². The molecule has 0 radical (unpaired) electrons. The number of aromatic nitrogens is 4. The minimum absolute atomic E-state index is 0.409. The zero-order valence-electron chi connectivity index (χ0n) is 12.0. The molecule has 1 aliphatic rings. The summed E-state index contributed by atoms with van der Waals surface area (Å²) in [6.07, 6.45) is 4.03. The zero-order valence-corrected chi connectivity index (χ0v) is 12.0. The highest BCUT2D eigenvalue weighted by molar-refractivity contribution is 5.53. The van der Waals surface area contributed by atoms with E-state index in [-0.39, 0.29) is 0 Å². The maximum absolute atomic E-state index is 4.67. The van der Waals surface area contributed by atoms with Crippen molar-refractivity contribution < 1.29 is 0 Å². The van der Waals surface area contributed by atoms with E-state index in [1.165, 1.54) is 18.4 Å². The van der Waals surface area contributed by atoms with Gasteiger partial charge in [-0.05, 0) is 37.0 Å². The highest BCUT2D eigenvalue weighted by atomic mass is 15.4. The highest BCUT2D eigenvalue weighted by Crippen LogP contribution is 2.35.